The molecule has 1 fully saturated rings. The standard InChI is InChI=1S/C22H31N5O2/c1-3-11-23-20-15-21(25-16-24-20)27-12-9-17(10-13-27)7-8-22(28)26-18-5-4-6-19(14-18)29-2/h4-6,14-17H,3,7-13H2,1-2H3,(H,26,28)(H,23,24,25). The average molecular weight is 398 g/mol. The zero-order valence-corrected chi connectivity index (χ0v) is 17.4. The van der Waals surface area contributed by atoms with E-state index in [1.165, 1.54) is 0 Å². The lowest BCUT2D eigenvalue weighted by atomic mass is 9.92. The van der Waals surface area contributed by atoms with E-state index >= 15 is 0 Å². The van der Waals surface area contributed by atoms with Gasteiger partial charge in [-0.1, -0.05) is 13.0 Å². The second kappa shape index (κ2) is 10.6. The van der Waals surface area contributed by atoms with Gasteiger partial charge in [-0.2, -0.15) is 0 Å². The van der Waals surface area contributed by atoms with Crippen LogP contribution in [0.1, 0.15) is 39.0 Å². The summed E-state index contributed by atoms with van der Waals surface area (Å²) in [7, 11) is 1.62. The highest BCUT2D eigenvalue weighted by Gasteiger charge is 2.21. The first-order chi connectivity index (χ1) is 14.2. The number of hydrogen-bond donors (Lipinski definition) is 2. The molecule has 29 heavy (non-hydrogen) atoms. The fraction of sp³-hybridized carbons (Fsp3) is 0.500. The minimum Gasteiger partial charge on any atom is -0.497 e. The number of carbonyl (C=O) groups is 1. The van der Waals surface area contributed by atoms with Crippen LogP contribution in [0.25, 0.3) is 0 Å². The Hall–Kier alpha value is -2.83. The third-order valence-corrected chi connectivity index (χ3v) is 5.28. The molecule has 2 aromatic rings. The summed E-state index contributed by atoms with van der Waals surface area (Å²) in [5.41, 5.74) is 0.778. The summed E-state index contributed by atoms with van der Waals surface area (Å²) in [5.74, 6) is 3.24. The molecule has 0 aliphatic carbocycles. The number of hydrogen-bond acceptors (Lipinski definition) is 6. The minimum atomic E-state index is 0.0584. The Kier molecular flexibility index (Phi) is 7.67. The van der Waals surface area contributed by atoms with Crippen molar-refractivity contribution in [2.75, 3.05) is 42.3 Å². The quantitative estimate of drug-likeness (QED) is 0.667. The second-order valence-corrected chi connectivity index (χ2v) is 7.44. The van der Waals surface area contributed by atoms with Crippen LogP contribution in [0.5, 0.6) is 5.75 Å². The van der Waals surface area contributed by atoms with Crippen molar-refractivity contribution in [1.29, 1.82) is 0 Å². The van der Waals surface area contributed by atoms with Gasteiger partial charge >= 0.3 is 0 Å². The van der Waals surface area contributed by atoms with Crippen molar-refractivity contribution in [2.45, 2.75) is 39.0 Å². The first kappa shape index (κ1) is 20.9. The molecule has 0 atom stereocenters. The van der Waals surface area contributed by atoms with E-state index in [0.29, 0.717) is 12.3 Å². The fourth-order valence-electron chi connectivity index (χ4n) is 3.58. The second-order valence-electron chi connectivity index (χ2n) is 7.44. The molecule has 0 saturated carbocycles. The first-order valence-corrected chi connectivity index (χ1v) is 10.4. The predicted octanol–water partition coefficient (Wildman–Crippen LogP) is 3.94. The average Bonchev–Trinajstić information content (AvgIpc) is 2.77. The summed E-state index contributed by atoms with van der Waals surface area (Å²) in [6.07, 6.45) is 6.30. The van der Waals surface area contributed by atoms with Gasteiger partial charge in [-0.15, -0.1) is 0 Å². The van der Waals surface area contributed by atoms with Crippen molar-refractivity contribution in [3.63, 3.8) is 0 Å². The molecule has 3 rings (SSSR count). The molecule has 0 bridgehead atoms. The minimum absolute atomic E-state index is 0.0584. The molecule has 0 radical (unpaired) electrons. The summed E-state index contributed by atoms with van der Waals surface area (Å²) in [4.78, 5) is 23.3. The molecule has 156 valence electrons. The largest absolute Gasteiger partial charge is 0.497 e. The predicted molar refractivity (Wildman–Crippen MR) is 117 cm³/mol. The zero-order chi connectivity index (χ0) is 20.5. The highest BCUT2D eigenvalue weighted by Crippen LogP contribution is 2.26. The summed E-state index contributed by atoms with van der Waals surface area (Å²) in [6.45, 7) is 4.98. The van der Waals surface area contributed by atoms with E-state index in [-0.39, 0.29) is 5.91 Å². The van der Waals surface area contributed by atoms with Gasteiger partial charge in [0.05, 0.1) is 7.11 Å². The van der Waals surface area contributed by atoms with E-state index < -0.39 is 0 Å². The van der Waals surface area contributed by atoms with Crippen LogP contribution in [0, 0.1) is 5.92 Å². The lowest BCUT2D eigenvalue weighted by molar-refractivity contribution is -0.116. The Morgan fingerprint density at radius 3 is 2.83 bits per heavy atom. The number of ether oxygens (including phenoxy) is 1. The highest BCUT2D eigenvalue weighted by molar-refractivity contribution is 5.90. The highest BCUT2D eigenvalue weighted by atomic mass is 16.5. The monoisotopic (exact) mass is 397 g/mol. The first-order valence-electron chi connectivity index (χ1n) is 10.4. The van der Waals surface area contributed by atoms with E-state index in [4.69, 9.17) is 4.74 Å². The van der Waals surface area contributed by atoms with Crippen molar-refractivity contribution in [3.05, 3.63) is 36.7 Å². The molecule has 2 heterocycles. The molecule has 7 heteroatoms. The van der Waals surface area contributed by atoms with Gasteiger partial charge in [-0.25, -0.2) is 9.97 Å². The Labute approximate surface area is 172 Å². The molecular formula is C22H31N5O2. The molecule has 1 aliphatic heterocycles. The van der Waals surface area contributed by atoms with Crippen molar-refractivity contribution in [3.8, 4) is 5.75 Å². The molecular weight excluding hydrogens is 366 g/mol. The van der Waals surface area contributed by atoms with Crippen molar-refractivity contribution in [2.24, 2.45) is 5.92 Å². The van der Waals surface area contributed by atoms with Gasteiger partial charge in [0.25, 0.3) is 0 Å². The number of methoxy groups -OCH3 is 1. The molecule has 1 amide bonds. The van der Waals surface area contributed by atoms with Gasteiger partial charge in [-0.05, 0) is 43.7 Å². The van der Waals surface area contributed by atoms with Gasteiger partial charge in [0.2, 0.25) is 5.91 Å². The van der Waals surface area contributed by atoms with Crippen molar-refractivity contribution >= 4 is 23.2 Å². The molecule has 0 unspecified atom stereocenters. The van der Waals surface area contributed by atoms with Gasteiger partial charge in [0, 0.05) is 43.9 Å². The SMILES string of the molecule is CCCNc1cc(N2CCC(CCC(=O)Nc3cccc(OC)c3)CC2)ncn1. The number of benzene rings is 1. The normalized spacial score (nSPS) is 14.5. The molecule has 7 nitrogen and oxygen atoms in total. The molecule has 1 saturated heterocycles. The van der Waals surface area contributed by atoms with Gasteiger partial charge in [0.1, 0.15) is 23.7 Å². The maximum atomic E-state index is 12.3. The van der Waals surface area contributed by atoms with Crippen LogP contribution in [-0.4, -0.2) is 42.6 Å². The van der Waals surface area contributed by atoms with Crippen LogP contribution in [0.15, 0.2) is 36.7 Å². The zero-order valence-electron chi connectivity index (χ0n) is 17.4. The van der Waals surface area contributed by atoms with Crippen LogP contribution >= 0.6 is 0 Å². The Balaban J connectivity index is 1.42. The number of piperidine rings is 1. The molecule has 1 aliphatic rings. The van der Waals surface area contributed by atoms with Crippen LogP contribution in [-0.2, 0) is 4.79 Å². The topological polar surface area (TPSA) is 79.4 Å². The molecule has 0 spiro atoms. The summed E-state index contributed by atoms with van der Waals surface area (Å²) >= 11 is 0. The molecule has 1 aromatic heterocycles. The maximum Gasteiger partial charge on any atom is 0.224 e. The van der Waals surface area contributed by atoms with E-state index in [9.17, 15) is 4.79 Å². The third-order valence-electron chi connectivity index (χ3n) is 5.28. The van der Waals surface area contributed by atoms with Gasteiger partial charge < -0.3 is 20.3 Å². The summed E-state index contributed by atoms with van der Waals surface area (Å²) in [6, 6.07) is 9.48. The van der Waals surface area contributed by atoms with E-state index in [2.05, 4.69) is 32.4 Å². The van der Waals surface area contributed by atoms with Gasteiger partial charge in [0.15, 0.2) is 0 Å². The van der Waals surface area contributed by atoms with E-state index in [1.807, 2.05) is 30.3 Å². The number of amides is 1. The number of carbonyl (C=O) groups excluding carboxylic acids is 1. The number of nitrogens with one attached hydrogen (secondary N) is 2. The summed E-state index contributed by atoms with van der Waals surface area (Å²) in [5, 5.41) is 6.27. The van der Waals surface area contributed by atoms with Crippen LogP contribution < -0.4 is 20.3 Å². The third kappa shape index (κ3) is 6.34. The lowest BCUT2D eigenvalue weighted by Gasteiger charge is -2.32. The van der Waals surface area contributed by atoms with E-state index in [1.54, 1.807) is 13.4 Å². The van der Waals surface area contributed by atoms with Crippen molar-refractivity contribution < 1.29 is 9.53 Å². The van der Waals surface area contributed by atoms with Crippen molar-refractivity contribution in [1.82, 2.24) is 9.97 Å². The van der Waals surface area contributed by atoms with Gasteiger partial charge in [-0.3, -0.25) is 4.79 Å². The molecule has 2 N–H and O–H groups in total. The Morgan fingerprint density at radius 1 is 1.24 bits per heavy atom. The number of rotatable bonds is 9. The number of aromatic nitrogens is 2. The van der Waals surface area contributed by atoms with E-state index in [0.717, 1.165) is 68.4 Å². The Morgan fingerprint density at radius 2 is 2.07 bits per heavy atom. The maximum absolute atomic E-state index is 12.3. The van der Waals surface area contributed by atoms with Crippen LogP contribution in [0.2, 0.25) is 0 Å². The fourth-order valence-corrected chi connectivity index (χ4v) is 3.58. The lowest BCUT2D eigenvalue weighted by Crippen LogP contribution is -2.34. The summed E-state index contributed by atoms with van der Waals surface area (Å²) < 4.78 is 5.20. The Bertz CT molecular complexity index is 790. The number of nitrogens with zero attached hydrogens (tertiary/aromatic N) is 3. The smallest absolute Gasteiger partial charge is 0.224 e. The molecule has 1 aromatic carbocycles. The number of anilines is 3. The van der Waals surface area contributed by atoms with Crippen LogP contribution in [0.4, 0.5) is 17.3 Å². The van der Waals surface area contributed by atoms with Crippen LogP contribution in [0.3, 0.4) is 0 Å².